The monoisotopic (exact) mass is 347 g/mol. The molecule has 1 aromatic carbocycles. The zero-order valence-electron chi connectivity index (χ0n) is 13.1. The summed E-state index contributed by atoms with van der Waals surface area (Å²) in [6, 6.07) is 9.37. The number of nitrogens with two attached hydrogens (primary N) is 1. The second-order valence-electron chi connectivity index (χ2n) is 5.35. The van der Waals surface area contributed by atoms with Gasteiger partial charge < -0.3 is 10.5 Å². The van der Waals surface area contributed by atoms with E-state index in [1.54, 1.807) is 16.4 Å². The highest BCUT2D eigenvalue weighted by molar-refractivity contribution is 7.99. The molecule has 1 fully saturated rings. The summed E-state index contributed by atoms with van der Waals surface area (Å²) in [6.45, 7) is 2.26. The lowest BCUT2D eigenvalue weighted by Gasteiger charge is -2.12. The summed E-state index contributed by atoms with van der Waals surface area (Å²) >= 11 is 1.38. The molecule has 0 saturated carbocycles. The molecule has 0 aliphatic carbocycles. The summed E-state index contributed by atoms with van der Waals surface area (Å²) in [6.07, 6.45) is -0.622. The van der Waals surface area contributed by atoms with Crippen molar-refractivity contribution in [2.45, 2.75) is 24.7 Å². The van der Waals surface area contributed by atoms with Gasteiger partial charge in [-0.05, 0) is 19.1 Å². The number of primary amides is 1. The molecule has 1 saturated heterocycles. The van der Waals surface area contributed by atoms with E-state index in [1.807, 2.05) is 30.3 Å². The molecule has 1 atom stereocenters. The Morgan fingerprint density at radius 1 is 1.38 bits per heavy atom. The predicted molar refractivity (Wildman–Crippen MR) is 88.7 cm³/mol. The van der Waals surface area contributed by atoms with Crippen LogP contribution < -0.4 is 10.6 Å². The van der Waals surface area contributed by atoms with Crippen LogP contribution in [0.5, 0.6) is 0 Å². The number of cyclic esters (lactones) is 1. The second-order valence-corrected chi connectivity index (χ2v) is 6.33. The number of hydrogen-bond donors (Lipinski definition) is 1. The Balaban J connectivity index is 1.62. The van der Waals surface area contributed by atoms with Gasteiger partial charge in [0.05, 0.1) is 6.54 Å². The van der Waals surface area contributed by atoms with Gasteiger partial charge in [-0.25, -0.2) is 4.79 Å². The summed E-state index contributed by atoms with van der Waals surface area (Å²) in [4.78, 5) is 24.7. The molecule has 2 aromatic rings. The van der Waals surface area contributed by atoms with Gasteiger partial charge >= 0.3 is 6.09 Å². The van der Waals surface area contributed by atoms with Crippen molar-refractivity contribution in [1.82, 2.24) is 14.8 Å². The Hall–Kier alpha value is -2.55. The number of anilines is 1. The third kappa shape index (κ3) is 3.51. The molecule has 126 valence electrons. The minimum Gasteiger partial charge on any atom is -0.443 e. The van der Waals surface area contributed by atoms with Gasteiger partial charge in [0.25, 0.3) is 0 Å². The van der Waals surface area contributed by atoms with E-state index >= 15 is 0 Å². The van der Waals surface area contributed by atoms with E-state index in [4.69, 9.17) is 10.5 Å². The largest absolute Gasteiger partial charge is 0.443 e. The van der Waals surface area contributed by atoms with Crippen LogP contribution in [-0.4, -0.2) is 45.2 Å². The summed E-state index contributed by atoms with van der Waals surface area (Å²) in [5.41, 5.74) is 6.05. The summed E-state index contributed by atoms with van der Waals surface area (Å²) < 4.78 is 7.05. The smallest absolute Gasteiger partial charge is 0.414 e. The van der Waals surface area contributed by atoms with Crippen LogP contribution in [0.3, 0.4) is 0 Å². The Morgan fingerprint density at radius 2 is 2.12 bits per heavy atom. The highest BCUT2D eigenvalue weighted by Gasteiger charge is 2.32. The van der Waals surface area contributed by atoms with E-state index < -0.39 is 5.91 Å². The average Bonchev–Trinajstić information content (AvgIpc) is 3.10. The molecule has 24 heavy (non-hydrogen) atoms. The highest BCUT2D eigenvalue weighted by Crippen LogP contribution is 2.25. The molecule has 1 aliphatic heterocycles. The van der Waals surface area contributed by atoms with Crippen molar-refractivity contribution in [2.75, 3.05) is 17.2 Å². The molecule has 0 unspecified atom stereocenters. The number of hydrogen-bond acceptors (Lipinski definition) is 6. The Kier molecular flexibility index (Phi) is 4.70. The van der Waals surface area contributed by atoms with Crippen LogP contribution in [0, 0.1) is 6.92 Å². The van der Waals surface area contributed by atoms with E-state index in [0.29, 0.717) is 23.3 Å². The van der Waals surface area contributed by atoms with Crippen LogP contribution in [0.4, 0.5) is 10.5 Å². The number of rotatable bonds is 6. The molecule has 1 aliphatic rings. The van der Waals surface area contributed by atoms with E-state index in [2.05, 4.69) is 10.2 Å². The van der Waals surface area contributed by atoms with Gasteiger partial charge in [-0.1, -0.05) is 30.0 Å². The predicted octanol–water partition coefficient (Wildman–Crippen LogP) is 1.19. The minimum absolute atomic E-state index is 0.0295. The number of amides is 2. The first-order valence-electron chi connectivity index (χ1n) is 7.38. The maximum absolute atomic E-state index is 12.0. The van der Waals surface area contributed by atoms with Gasteiger partial charge in [-0.15, -0.1) is 10.2 Å². The van der Waals surface area contributed by atoms with E-state index in [9.17, 15) is 9.59 Å². The molecule has 0 bridgehead atoms. The first kappa shape index (κ1) is 16.3. The topological polar surface area (TPSA) is 103 Å². The molecule has 8 nitrogen and oxygen atoms in total. The SMILES string of the molecule is Cc1nnc(SC[C@H]2CN(c3ccccc3)C(=O)O2)n1CC(N)=O. The number of carbonyl (C=O) groups is 2. The standard InChI is InChI=1S/C15H17N5O3S/c1-10-17-18-14(19(10)8-13(16)21)24-9-12-7-20(15(22)23-12)11-5-3-2-4-6-11/h2-6,12H,7-9H2,1H3,(H2,16,21)/t12-/m1/s1. The fourth-order valence-electron chi connectivity index (χ4n) is 2.40. The van der Waals surface area contributed by atoms with Gasteiger partial charge in [0.2, 0.25) is 5.91 Å². The lowest BCUT2D eigenvalue weighted by atomic mass is 10.3. The van der Waals surface area contributed by atoms with Crippen molar-refractivity contribution >= 4 is 29.4 Å². The van der Waals surface area contributed by atoms with Crippen molar-refractivity contribution in [2.24, 2.45) is 5.73 Å². The molecule has 2 heterocycles. The number of aromatic nitrogens is 3. The molecule has 0 radical (unpaired) electrons. The van der Waals surface area contributed by atoms with Crippen LogP contribution in [-0.2, 0) is 16.1 Å². The molecular weight excluding hydrogens is 330 g/mol. The van der Waals surface area contributed by atoms with E-state index in [1.165, 1.54) is 11.8 Å². The minimum atomic E-state index is -0.456. The normalized spacial score (nSPS) is 17.1. The van der Waals surface area contributed by atoms with Gasteiger partial charge in [0.15, 0.2) is 5.16 Å². The number of aryl methyl sites for hydroxylation is 1. The average molecular weight is 347 g/mol. The Morgan fingerprint density at radius 3 is 2.83 bits per heavy atom. The van der Waals surface area contributed by atoms with Crippen molar-refractivity contribution in [1.29, 1.82) is 0 Å². The molecule has 9 heteroatoms. The van der Waals surface area contributed by atoms with E-state index in [-0.39, 0.29) is 18.7 Å². The van der Waals surface area contributed by atoms with Crippen LogP contribution >= 0.6 is 11.8 Å². The van der Waals surface area contributed by atoms with Gasteiger partial charge in [0.1, 0.15) is 18.5 Å². The number of benzene rings is 1. The quantitative estimate of drug-likeness (QED) is 0.787. The third-order valence-electron chi connectivity index (χ3n) is 3.56. The van der Waals surface area contributed by atoms with E-state index in [0.717, 1.165) is 5.69 Å². The summed E-state index contributed by atoms with van der Waals surface area (Å²) in [5.74, 6) is 0.680. The summed E-state index contributed by atoms with van der Waals surface area (Å²) in [5, 5.41) is 8.58. The first-order chi connectivity index (χ1) is 11.5. The first-order valence-corrected chi connectivity index (χ1v) is 8.37. The lowest BCUT2D eigenvalue weighted by Crippen LogP contribution is -2.25. The molecular formula is C15H17N5O3S. The lowest BCUT2D eigenvalue weighted by molar-refractivity contribution is -0.118. The zero-order valence-corrected chi connectivity index (χ0v) is 13.9. The Labute approximate surface area is 143 Å². The molecule has 3 rings (SSSR count). The number of carbonyl (C=O) groups excluding carboxylic acids is 2. The fraction of sp³-hybridized carbons (Fsp3) is 0.333. The zero-order chi connectivity index (χ0) is 17.1. The van der Waals surface area contributed by atoms with Gasteiger partial charge in [0, 0.05) is 11.4 Å². The molecule has 1 aromatic heterocycles. The molecule has 2 N–H and O–H groups in total. The van der Waals surface area contributed by atoms with Crippen molar-refractivity contribution in [3.05, 3.63) is 36.2 Å². The Bertz CT molecular complexity index is 749. The summed E-state index contributed by atoms with van der Waals surface area (Å²) in [7, 11) is 0. The second kappa shape index (κ2) is 6.91. The van der Waals surface area contributed by atoms with Crippen LogP contribution in [0.2, 0.25) is 0 Å². The highest BCUT2D eigenvalue weighted by atomic mass is 32.2. The van der Waals surface area contributed by atoms with Crippen LogP contribution in [0.15, 0.2) is 35.5 Å². The number of thioether (sulfide) groups is 1. The van der Waals surface area contributed by atoms with Crippen LogP contribution in [0.1, 0.15) is 5.82 Å². The molecule has 0 spiro atoms. The van der Waals surface area contributed by atoms with Gasteiger partial charge in [-0.2, -0.15) is 0 Å². The molecule has 2 amide bonds. The number of nitrogens with zero attached hydrogens (tertiary/aromatic N) is 4. The fourth-order valence-corrected chi connectivity index (χ4v) is 3.36. The maximum atomic E-state index is 12.0. The number of para-hydroxylation sites is 1. The van der Waals surface area contributed by atoms with Crippen LogP contribution in [0.25, 0.3) is 0 Å². The van der Waals surface area contributed by atoms with Crippen molar-refractivity contribution in [3.8, 4) is 0 Å². The third-order valence-corrected chi connectivity index (χ3v) is 4.65. The number of ether oxygens (including phenoxy) is 1. The van der Waals surface area contributed by atoms with Gasteiger partial charge in [-0.3, -0.25) is 14.3 Å². The maximum Gasteiger partial charge on any atom is 0.414 e. The van der Waals surface area contributed by atoms with Crippen molar-refractivity contribution in [3.63, 3.8) is 0 Å². The van der Waals surface area contributed by atoms with Crippen molar-refractivity contribution < 1.29 is 14.3 Å².